The van der Waals surface area contributed by atoms with E-state index >= 15 is 0 Å². The molecule has 0 bridgehead atoms. The third kappa shape index (κ3) is 2.99. The maximum absolute atomic E-state index is 10.4. The van der Waals surface area contributed by atoms with Crippen molar-refractivity contribution in [3.05, 3.63) is 0 Å². The average Bonchev–Trinajstić information content (AvgIpc) is 2.47. The van der Waals surface area contributed by atoms with Crippen LogP contribution in [0.25, 0.3) is 0 Å². The first-order chi connectivity index (χ1) is 6.11. The Morgan fingerprint density at radius 1 is 1.54 bits per heavy atom. The van der Waals surface area contributed by atoms with Crippen molar-refractivity contribution in [3.63, 3.8) is 0 Å². The topological polar surface area (TPSA) is 40.5 Å². The van der Waals surface area contributed by atoms with Crippen molar-refractivity contribution in [1.82, 2.24) is 4.90 Å². The Labute approximate surface area is 79.7 Å². The predicted molar refractivity (Wildman–Crippen MR) is 51.7 cm³/mol. The van der Waals surface area contributed by atoms with Gasteiger partial charge in [0.2, 0.25) is 0 Å². The lowest BCUT2D eigenvalue weighted by Gasteiger charge is -2.27. The molecule has 3 nitrogen and oxygen atoms in total. The van der Waals surface area contributed by atoms with Crippen LogP contribution in [0.4, 0.5) is 0 Å². The summed E-state index contributed by atoms with van der Waals surface area (Å²) in [7, 11) is 2.04. The molecule has 2 unspecified atom stereocenters. The number of hydrogen-bond acceptors (Lipinski definition) is 2. The molecular formula is C10H19NO2. The van der Waals surface area contributed by atoms with Crippen LogP contribution in [-0.2, 0) is 4.79 Å². The van der Waals surface area contributed by atoms with E-state index in [4.69, 9.17) is 5.11 Å². The van der Waals surface area contributed by atoms with Gasteiger partial charge in [0.15, 0.2) is 0 Å². The minimum absolute atomic E-state index is 0.264. The molecular weight excluding hydrogens is 166 g/mol. The van der Waals surface area contributed by atoms with Gasteiger partial charge in [-0.15, -0.1) is 0 Å². The first-order valence-corrected chi connectivity index (χ1v) is 5.03. The van der Waals surface area contributed by atoms with Crippen LogP contribution in [-0.4, -0.2) is 35.6 Å². The molecule has 13 heavy (non-hydrogen) atoms. The zero-order valence-electron chi connectivity index (χ0n) is 8.49. The van der Waals surface area contributed by atoms with E-state index in [0.29, 0.717) is 12.6 Å². The van der Waals surface area contributed by atoms with Gasteiger partial charge in [-0.1, -0.05) is 13.3 Å². The number of nitrogens with zero attached hydrogens (tertiary/aromatic N) is 1. The fourth-order valence-electron chi connectivity index (χ4n) is 2.22. The molecule has 76 valence electrons. The molecule has 1 fully saturated rings. The molecule has 0 aromatic carbocycles. The lowest BCUT2D eigenvalue weighted by molar-refractivity contribution is -0.137. The second-order valence-corrected chi connectivity index (χ2v) is 4.10. The van der Waals surface area contributed by atoms with Gasteiger partial charge in [-0.3, -0.25) is 4.79 Å². The molecule has 1 aliphatic carbocycles. The summed E-state index contributed by atoms with van der Waals surface area (Å²) in [4.78, 5) is 12.6. The molecule has 1 N–H and O–H groups in total. The van der Waals surface area contributed by atoms with Crippen LogP contribution in [0.15, 0.2) is 0 Å². The van der Waals surface area contributed by atoms with E-state index in [-0.39, 0.29) is 6.42 Å². The minimum atomic E-state index is -0.697. The second-order valence-electron chi connectivity index (χ2n) is 4.10. The molecule has 0 heterocycles. The highest BCUT2D eigenvalue weighted by molar-refractivity contribution is 5.66. The first-order valence-electron chi connectivity index (χ1n) is 5.03. The zero-order chi connectivity index (χ0) is 9.84. The van der Waals surface area contributed by atoms with Crippen molar-refractivity contribution in [2.24, 2.45) is 5.92 Å². The Bertz CT molecular complexity index is 182. The molecule has 3 heteroatoms. The summed E-state index contributed by atoms with van der Waals surface area (Å²) in [5.74, 6) is 0.0382. The lowest BCUT2D eigenvalue weighted by Crippen LogP contribution is -2.35. The Morgan fingerprint density at radius 2 is 2.23 bits per heavy atom. The summed E-state index contributed by atoms with van der Waals surface area (Å²) in [6, 6.07) is 0.611. The Hall–Kier alpha value is -0.570. The van der Waals surface area contributed by atoms with Gasteiger partial charge in [0.25, 0.3) is 0 Å². The molecule has 0 radical (unpaired) electrons. The van der Waals surface area contributed by atoms with Gasteiger partial charge in [-0.2, -0.15) is 0 Å². The molecule has 2 atom stereocenters. The summed E-state index contributed by atoms with van der Waals surface area (Å²) in [5, 5.41) is 8.54. The Morgan fingerprint density at radius 3 is 2.69 bits per heavy atom. The van der Waals surface area contributed by atoms with E-state index < -0.39 is 5.97 Å². The van der Waals surface area contributed by atoms with Crippen LogP contribution < -0.4 is 0 Å². The van der Waals surface area contributed by atoms with E-state index in [0.717, 1.165) is 5.92 Å². The third-order valence-corrected chi connectivity index (χ3v) is 3.06. The summed E-state index contributed by atoms with van der Waals surface area (Å²) < 4.78 is 0. The van der Waals surface area contributed by atoms with E-state index in [1.165, 1.54) is 19.3 Å². The summed E-state index contributed by atoms with van der Waals surface area (Å²) in [5.41, 5.74) is 0. The summed E-state index contributed by atoms with van der Waals surface area (Å²) >= 11 is 0. The molecule has 0 spiro atoms. The monoisotopic (exact) mass is 185 g/mol. The van der Waals surface area contributed by atoms with Gasteiger partial charge < -0.3 is 10.0 Å². The maximum Gasteiger partial charge on any atom is 0.304 e. The molecule has 0 saturated heterocycles. The van der Waals surface area contributed by atoms with Crippen LogP contribution in [0.2, 0.25) is 0 Å². The highest BCUT2D eigenvalue weighted by Crippen LogP contribution is 2.28. The number of aliphatic carboxylic acids is 1. The van der Waals surface area contributed by atoms with Crippen LogP contribution in [0.1, 0.15) is 32.6 Å². The van der Waals surface area contributed by atoms with Crippen LogP contribution in [0, 0.1) is 5.92 Å². The fraction of sp³-hybridized carbons (Fsp3) is 0.900. The molecule has 0 aliphatic heterocycles. The maximum atomic E-state index is 10.4. The molecule has 0 aromatic rings. The molecule has 0 amide bonds. The summed E-state index contributed by atoms with van der Waals surface area (Å²) in [6.07, 6.45) is 4.09. The van der Waals surface area contributed by atoms with Crippen molar-refractivity contribution < 1.29 is 9.90 Å². The zero-order valence-corrected chi connectivity index (χ0v) is 8.49. The lowest BCUT2D eigenvalue weighted by atomic mass is 10.1. The standard InChI is InChI=1S/C10H19NO2/c1-8-4-3-5-9(8)11(2)7-6-10(12)13/h8-9H,3-7H2,1-2H3,(H,12,13). The minimum Gasteiger partial charge on any atom is -0.481 e. The molecule has 0 aromatic heterocycles. The van der Waals surface area contributed by atoms with Crippen molar-refractivity contribution >= 4 is 5.97 Å². The van der Waals surface area contributed by atoms with Crippen LogP contribution in [0.5, 0.6) is 0 Å². The molecule has 1 aliphatic rings. The van der Waals surface area contributed by atoms with Gasteiger partial charge in [-0.25, -0.2) is 0 Å². The van der Waals surface area contributed by atoms with Gasteiger partial charge in [0, 0.05) is 12.6 Å². The number of carbonyl (C=O) groups is 1. The molecule has 1 rings (SSSR count). The van der Waals surface area contributed by atoms with Gasteiger partial charge in [0.1, 0.15) is 0 Å². The number of carboxylic acids is 1. The van der Waals surface area contributed by atoms with E-state index in [9.17, 15) is 4.79 Å². The fourth-order valence-corrected chi connectivity index (χ4v) is 2.22. The van der Waals surface area contributed by atoms with E-state index in [2.05, 4.69) is 11.8 Å². The Balaban J connectivity index is 2.29. The SMILES string of the molecule is CC1CCCC1N(C)CCC(=O)O. The second kappa shape index (κ2) is 4.61. The smallest absolute Gasteiger partial charge is 0.304 e. The normalized spacial score (nSPS) is 28.2. The number of carboxylic acid groups (broad SMARTS) is 1. The van der Waals surface area contributed by atoms with Crippen LogP contribution >= 0.6 is 0 Å². The number of hydrogen-bond donors (Lipinski definition) is 1. The predicted octanol–water partition coefficient (Wildman–Crippen LogP) is 1.58. The Kier molecular flexibility index (Phi) is 3.72. The highest BCUT2D eigenvalue weighted by Gasteiger charge is 2.26. The molecule has 1 saturated carbocycles. The van der Waals surface area contributed by atoms with Crippen molar-refractivity contribution in [1.29, 1.82) is 0 Å². The highest BCUT2D eigenvalue weighted by atomic mass is 16.4. The van der Waals surface area contributed by atoms with Crippen molar-refractivity contribution in [2.75, 3.05) is 13.6 Å². The number of rotatable bonds is 4. The van der Waals surface area contributed by atoms with E-state index in [1.807, 2.05) is 7.05 Å². The largest absolute Gasteiger partial charge is 0.481 e. The van der Waals surface area contributed by atoms with Crippen molar-refractivity contribution in [2.45, 2.75) is 38.6 Å². The average molecular weight is 185 g/mol. The van der Waals surface area contributed by atoms with Crippen molar-refractivity contribution in [3.8, 4) is 0 Å². The van der Waals surface area contributed by atoms with Gasteiger partial charge in [-0.05, 0) is 25.8 Å². The summed E-state index contributed by atoms with van der Waals surface area (Å²) in [6.45, 7) is 2.94. The van der Waals surface area contributed by atoms with Gasteiger partial charge in [0.05, 0.1) is 6.42 Å². The van der Waals surface area contributed by atoms with Crippen LogP contribution in [0.3, 0.4) is 0 Å². The van der Waals surface area contributed by atoms with E-state index in [1.54, 1.807) is 0 Å². The first kappa shape index (κ1) is 10.5. The quantitative estimate of drug-likeness (QED) is 0.723. The third-order valence-electron chi connectivity index (χ3n) is 3.06. The van der Waals surface area contributed by atoms with Gasteiger partial charge >= 0.3 is 5.97 Å².